The van der Waals surface area contributed by atoms with Crippen LogP contribution in [0.4, 0.5) is 0 Å². The van der Waals surface area contributed by atoms with E-state index >= 15 is 0 Å². The van der Waals surface area contributed by atoms with E-state index in [1.54, 1.807) is 0 Å². The average Bonchev–Trinajstić information content (AvgIpc) is 2.74. The van der Waals surface area contributed by atoms with E-state index in [1.807, 2.05) is 0 Å². The molecule has 0 aliphatic heterocycles. The number of ether oxygens (including phenoxy) is 2. The summed E-state index contributed by atoms with van der Waals surface area (Å²) in [7, 11) is 3.41. The number of pyridine rings is 2. The van der Waals surface area contributed by atoms with Crippen LogP contribution in [-0.4, -0.2) is 70.5 Å². The van der Waals surface area contributed by atoms with Crippen LogP contribution in [-0.2, 0) is 9.47 Å². The van der Waals surface area contributed by atoms with Gasteiger partial charge in [0.2, 0.25) is 0 Å². The van der Waals surface area contributed by atoms with Crippen LogP contribution in [0.3, 0.4) is 0 Å². The van der Waals surface area contributed by atoms with Crippen molar-refractivity contribution in [1.82, 2.24) is 9.97 Å². The van der Waals surface area contributed by atoms with E-state index in [-0.39, 0.29) is 40.0 Å². The molecule has 0 bridgehead atoms. The Bertz CT molecular complexity index is 936. The largest absolute Gasteiger partial charge is 0.478 e. The number of nitrogens with zero attached hydrogens (tertiary/aromatic N) is 2. The van der Waals surface area contributed by atoms with Gasteiger partial charge in [0.25, 0.3) is 0 Å². The molecule has 2 aromatic heterocycles. The second-order valence-electron chi connectivity index (χ2n) is 4.70. The molecule has 0 spiro atoms. The summed E-state index contributed by atoms with van der Waals surface area (Å²) in [5, 5.41) is 24.2. The van der Waals surface area contributed by atoms with Gasteiger partial charge in [-0.1, -0.05) is 30.6 Å². The van der Waals surface area contributed by atoms with E-state index in [1.165, 1.54) is 26.5 Å². The van der Waals surface area contributed by atoms with Gasteiger partial charge in [0, 0.05) is 19.5 Å². The number of halogens is 2. The van der Waals surface area contributed by atoms with Gasteiger partial charge in [-0.3, -0.25) is 0 Å². The van der Waals surface area contributed by atoms with Gasteiger partial charge in [-0.05, 0) is 12.1 Å². The third-order valence-electron chi connectivity index (χ3n) is 3.01. The summed E-state index contributed by atoms with van der Waals surface area (Å²) in [4.78, 5) is 50.7. The van der Waals surface area contributed by atoms with E-state index in [4.69, 9.17) is 38.5 Å². The molecule has 0 saturated heterocycles. The third kappa shape index (κ3) is 8.95. The minimum Gasteiger partial charge on any atom is -0.478 e. The number of esters is 2. The molecule has 170 valence electrons. The number of hydrogen-bond donors (Lipinski definition) is 3. The normalized spacial score (nSPS) is 8.84. The van der Waals surface area contributed by atoms with Crippen molar-refractivity contribution in [2.45, 2.75) is 7.43 Å². The standard InChI is InChI=1S/C9H8ClNO4.C7H4ClNO4.CH4O.CH4/c1-14-8(12)5-3-7(10)11-4-6(5)9(13)15-2;8-5-1-3(6(10)11)4(2-9-5)7(12)13;1-2;/h3-4H,1-2H3;1-2H,(H,10,11)(H,12,13);2H,1H3;1H4. The predicted octanol–water partition coefficient (Wildman–Crippen LogP) is 2.68. The molecule has 0 atom stereocenters. The highest BCUT2D eigenvalue weighted by molar-refractivity contribution is 6.30. The summed E-state index contributed by atoms with van der Waals surface area (Å²) < 4.78 is 8.98. The van der Waals surface area contributed by atoms with Gasteiger partial charge < -0.3 is 24.8 Å². The maximum absolute atomic E-state index is 11.3. The molecule has 2 aromatic rings. The third-order valence-corrected chi connectivity index (χ3v) is 3.43. The van der Waals surface area contributed by atoms with Crippen molar-refractivity contribution in [1.29, 1.82) is 0 Å². The molecule has 0 radical (unpaired) electrons. The van der Waals surface area contributed by atoms with Crippen molar-refractivity contribution >= 4 is 47.1 Å². The van der Waals surface area contributed by atoms with Crippen molar-refractivity contribution in [2.24, 2.45) is 0 Å². The smallest absolute Gasteiger partial charge is 0.340 e. The lowest BCUT2D eigenvalue weighted by Crippen LogP contribution is -2.12. The van der Waals surface area contributed by atoms with E-state index in [0.29, 0.717) is 0 Å². The Hall–Kier alpha value is -3.28. The Morgan fingerprint density at radius 3 is 1.48 bits per heavy atom. The molecule has 3 N–H and O–H groups in total. The van der Waals surface area contributed by atoms with Crippen molar-refractivity contribution in [3.63, 3.8) is 0 Å². The fourth-order valence-electron chi connectivity index (χ4n) is 1.76. The number of aliphatic hydroxyl groups is 1. The first-order valence-corrected chi connectivity index (χ1v) is 8.27. The average molecular weight is 479 g/mol. The molecule has 0 aromatic carbocycles. The molecule has 2 heterocycles. The Kier molecular flexibility index (Phi) is 14.2. The van der Waals surface area contributed by atoms with Crippen LogP contribution < -0.4 is 0 Å². The van der Waals surface area contributed by atoms with Crippen LogP contribution in [0, 0.1) is 0 Å². The first-order chi connectivity index (χ1) is 14.1. The van der Waals surface area contributed by atoms with Gasteiger partial charge in [-0.2, -0.15) is 0 Å². The Morgan fingerprint density at radius 2 is 1.10 bits per heavy atom. The first kappa shape index (κ1) is 29.9. The molecule has 0 aliphatic carbocycles. The van der Waals surface area contributed by atoms with Crippen LogP contribution in [0.15, 0.2) is 24.5 Å². The number of carboxylic acid groups (broad SMARTS) is 2. The molecule has 0 aliphatic rings. The second-order valence-corrected chi connectivity index (χ2v) is 5.47. The summed E-state index contributed by atoms with van der Waals surface area (Å²) in [6.45, 7) is 0. The quantitative estimate of drug-likeness (QED) is 0.435. The lowest BCUT2D eigenvalue weighted by molar-refractivity contribution is 0.0554. The maximum Gasteiger partial charge on any atom is 0.340 e. The van der Waals surface area contributed by atoms with Crippen LogP contribution in [0.5, 0.6) is 0 Å². The number of carboxylic acids is 2. The SMILES string of the molecule is C.CO.COC(=O)c1cnc(Cl)cc1C(=O)OC.O=C(O)c1cnc(Cl)cc1C(=O)O. The number of hydrogen-bond acceptors (Lipinski definition) is 9. The fraction of sp³-hybridized carbons (Fsp3) is 0.222. The topological polar surface area (TPSA) is 173 Å². The van der Waals surface area contributed by atoms with Crippen molar-refractivity contribution in [2.75, 3.05) is 21.3 Å². The highest BCUT2D eigenvalue weighted by atomic mass is 35.5. The zero-order valence-corrected chi connectivity index (χ0v) is 17.3. The van der Waals surface area contributed by atoms with Crippen LogP contribution >= 0.6 is 23.2 Å². The van der Waals surface area contributed by atoms with Gasteiger partial charge in [-0.15, -0.1) is 0 Å². The summed E-state index contributed by atoms with van der Waals surface area (Å²) in [5.41, 5.74) is -0.692. The minimum atomic E-state index is -1.35. The molecule has 0 amide bonds. The molecular weight excluding hydrogens is 459 g/mol. The molecular formula is C18H20Cl2N2O9. The number of aliphatic hydroxyl groups excluding tert-OH is 1. The summed E-state index contributed by atoms with van der Waals surface area (Å²) in [6, 6.07) is 2.24. The van der Waals surface area contributed by atoms with Gasteiger partial charge in [0.1, 0.15) is 10.3 Å². The molecule has 0 fully saturated rings. The van der Waals surface area contributed by atoms with Crippen molar-refractivity contribution in [3.05, 3.63) is 57.1 Å². The van der Waals surface area contributed by atoms with E-state index in [0.717, 1.165) is 19.4 Å². The van der Waals surface area contributed by atoms with Crippen LogP contribution in [0.2, 0.25) is 10.3 Å². The minimum absolute atomic E-state index is 0. The van der Waals surface area contributed by atoms with Gasteiger partial charge in [-0.25, -0.2) is 29.1 Å². The Morgan fingerprint density at radius 1 is 0.742 bits per heavy atom. The zero-order chi connectivity index (χ0) is 23.4. The summed E-state index contributed by atoms with van der Waals surface area (Å²) in [6.07, 6.45) is 2.08. The van der Waals surface area contributed by atoms with Crippen molar-refractivity contribution < 1.29 is 44.0 Å². The Balaban J connectivity index is 0. The molecule has 2 rings (SSSR count). The second kappa shape index (κ2) is 14.7. The molecule has 31 heavy (non-hydrogen) atoms. The van der Waals surface area contributed by atoms with Crippen LogP contribution in [0.25, 0.3) is 0 Å². The number of carbonyl (C=O) groups excluding carboxylic acids is 2. The zero-order valence-electron chi connectivity index (χ0n) is 15.8. The number of rotatable bonds is 4. The lowest BCUT2D eigenvalue weighted by atomic mass is 10.1. The first-order valence-electron chi connectivity index (χ1n) is 7.51. The van der Waals surface area contributed by atoms with Gasteiger partial charge in [0.15, 0.2) is 0 Å². The predicted molar refractivity (Wildman–Crippen MR) is 110 cm³/mol. The highest BCUT2D eigenvalue weighted by Crippen LogP contribution is 2.15. The van der Waals surface area contributed by atoms with Gasteiger partial charge in [0.05, 0.1) is 36.5 Å². The van der Waals surface area contributed by atoms with Crippen LogP contribution in [0.1, 0.15) is 48.9 Å². The lowest BCUT2D eigenvalue weighted by Gasteiger charge is -2.05. The monoisotopic (exact) mass is 478 g/mol. The van der Waals surface area contributed by atoms with E-state index < -0.39 is 23.9 Å². The Labute approximate surface area is 187 Å². The number of aromatic carboxylic acids is 2. The number of aromatic nitrogens is 2. The molecule has 0 saturated carbocycles. The van der Waals surface area contributed by atoms with Crippen molar-refractivity contribution in [3.8, 4) is 0 Å². The molecule has 0 unspecified atom stereocenters. The summed E-state index contributed by atoms with van der Waals surface area (Å²) >= 11 is 11.0. The molecule has 13 heteroatoms. The number of methoxy groups -OCH3 is 2. The fourth-order valence-corrected chi connectivity index (χ4v) is 2.07. The van der Waals surface area contributed by atoms with E-state index in [9.17, 15) is 19.2 Å². The van der Waals surface area contributed by atoms with Gasteiger partial charge >= 0.3 is 23.9 Å². The highest BCUT2D eigenvalue weighted by Gasteiger charge is 2.19. The van der Waals surface area contributed by atoms with E-state index in [2.05, 4.69) is 19.4 Å². The molecule has 11 nitrogen and oxygen atoms in total. The maximum atomic E-state index is 11.3. The number of carbonyl (C=O) groups is 4. The summed E-state index contributed by atoms with van der Waals surface area (Å²) in [5.74, 6) is -4.03.